The lowest BCUT2D eigenvalue weighted by molar-refractivity contribution is -0.128. The Kier molecular flexibility index (Phi) is 7.95. The van der Waals surface area contributed by atoms with Crippen LogP contribution in [0.5, 0.6) is 11.5 Å². The maximum Gasteiger partial charge on any atom is 0.249 e. The predicted octanol–water partition coefficient (Wildman–Crippen LogP) is 4.53. The Hall–Kier alpha value is -4.40. The van der Waals surface area contributed by atoms with Crippen molar-refractivity contribution >= 4 is 28.5 Å². The van der Waals surface area contributed by atoms with Gasteiger partial charge in [0.1, 0.15) is 18.1 Å². The van der Waals surface area contributed by atoms with Crippen LogP contribution in [0.25, 0.3) is 11.0 Å². The summed E-state index contributed by atoms with van der Waals surface area (Å²) in [5.41, 5.74) is 2.08. The minimum Gasteiger partial charge on any atom is -0.493 e. The number of ether oxygens (including phenoxy) is 2. The third-order valence-electron chi connectivity index (χ3n) is 6.58. The average Bonchev–Trinajstić information content (AvgIpc) is 3.33. The number of methoxy groups -OCH3 is 2. The highest BCUT2D eigenvalue weighted by molar-refractivity contribution is 6.01. The number of aromatic nitrogens is 3. The van der Waals surface area contributed by atoms with Crippen molar-refractivity contribution in [3.8, 4) is 11.5 Å². The van der Waals surface area contributed by atoms with Crippen molar-refractivity contribution < 1.29 is 19.1 Å². The molecule has 9 nitrogen and oxygen atoms in total. The van der Waals surface area contributed by atoms with Gasteiger partial charge in [0.15, 0.2) is 11.5 Å². The Bertz CT molecular complexity index is 1420. The number of hydrogen-bond acceptors (Lipinski definition) is 6. The molecule has 198 valence electrons. The largest absolute Gasteiger partial charge is 0.493 e. The first-order valence-corrected chi connectivity index (χ1v) is 12.5. The zero-order valence-electron chi connectivity index (χ0n) is 22.3. The molecule has 0 saturated carbocycles. The van der Waals surface area contributed by atoms with Crippen molar-refractivity contribution in [1.29, 1.82) is 0 Å². The summed E-state index contributed by atoms with van der Waals surface area (Å²) in [6, 6.07) is 20.8. The number of anilines is 1. The summed E-state index contributed by atoms with van der Waals surface area (Å²) in [5, 5.41) is 11.5. The van der Waals surface area contributed by atoms with E-state index in [4.69, 9.17) is 9.47 Å². The maximum absolute atomic E-state index is 14.1. The number of rotatable bonds is 10. The lowest BCUT2D eigenvalue weighted by Gasteiger charge is -2.34. The van der Waals surface area contributed by atoms with Crippen LogP contribution in [-0.4, -0.2) is 46.6 Å². The van der Waals surface area contributed by atoms with Crippen LogP contribution in [0.1, 0.15) is 38.8 Å². The van der Waals surface area contributed by atoms with E-state index in [1.807, 2.05) is 75.4 Å². The first-order chi connectivity index (χ1) is 18.3. The highest BCUT2D eigenvalue weighted by atomic mass is 16.5. The first-order valence-electron chi connectivity index (χ1n) is 12.5. The van der Waals surface area contributed by atoms with E-state index in [1.54, 1.807) is 30.0 Å². The minimum atomic E-state index is -0.995. The third-order valence-corrected chi connectivity index (χ3v) is 6.58. The number of para-hydroxylation sites is 2. The quantitative estimate of drug-likeness (QED) is 0.333. The Morgan fingerprint density at radius 2 is 1.66 bits per heavy atom. The molecule has 0 radical (unpaired) electrons. The third kappa shape index (κ3) is 5.61. The summed E-state index contributed by atoms with van der Waals surface area (Å²) < 4.78 is 12.5. The number of carbonyl (C=O) groups is 2. The molecule has 0 spiro atoms. The van der Waals surface area contributed by atoms with Gasteiger partial charge >= 0.3 is 0 Å². The molecule has 0 aliphatic heterocycles. The molecule has 0 aliphatic rings. The number of amides is 2. The van der Waals surface area contributed by atoms with Gasteiger partial charge in [-0.25, -0.2) is 4.68 Å². The fourth-order valence-electron chi connectivity index (χ4n) is 4.19. The van der Waals surface area contributed by atoms with Gasteiger partial charge in [-0.15, -0.1) is 5.10 Å². The molecule has 1 atom stereocenters. The van der Waals surface area contributed by atoms with Gasteiger partial charge in [-0.1, -0.05) is 48.5 Å². The van der Waals surface area contributed by atoms with Crippen LogP contribution in [0.4, 0.5) is 5.69 Å². The predicted molar refractivity (Wildman–Crippen MR) is 146 cm³/mol. The smallest absolute Gasteiger partial charge is 0.249 e. The lowest BCUT2D eigenvalue weighted by atomic mass is 9.98. The number of nitrogens with one attached hydrogen (secondary N) is 1. The van der Waals surface area contributed by atoms with Gasteiger partial charge < -0.3 is 14.8 Å². The van der Waals surface area contributed by atoms with Crippen molar-refractivity contribution in [2.75, 3.05) is 19.1 Å². The van der Waals surface area contributed by atoms with Gasteiger partial charge in [0, 0.05) is 11.2 Å². The molecule has 38 heavy (non-hydrogen) atoms. The van der Waals surface area contributed by atoms with Crippen LogP contribution in [0.15, 0.2) is 72.8 Å². The summed E-state index contributed by atoms with van der Waals surface area (Å²) in [4.78, 5) is 29.6. The zero-order chi connectivity index (χ0) is 27.3. The highest BCUT2D eigenvalue weighted by Crippen LogP contribution is 2.35. The minimum absolute atomic E-state index is 0.107. The van der Waals surface area contributed by atoms with Gasteiger partial charge in [-0.05, 0) is 62.2 Å². The summed E-state index contributed by atoms with van der Waals surface area (Å²) in [5.74, 6) is 0.345. The second-order valence-electron chi connectivity index (χ2n) is 9.58. The van der Waals surface area contributed by atoms with Crippen LogP contribution in [0.3, 0.4) is 0 Å². The Labute approximate surface area is 222 Å². The molecule has 0 aliphatic carbocycles. The maximum atomic E-state index is 14.1. The van der Waals surface area contributed by atoms with Gasteiger partial charge in [0.25, 0.3) is 0 Å². The standard InChI is InChI=1S/C29H33N5O4/c1-6-29(2,3)30-28(36)27(20-16-17-24(37-4)25(18-20)38-5)34(21-12-8-7-9-13-21)26(35)19-33-23-15-11-10-14-22(23)31-32-33/h7-18,27H,6,19H2,1-5H3,(H,30,36)/t27-/m0/s1. The Balaban J connectivity index is 1.84. The molecule has 1 heterocycles. The van der Waals surface area contributed by atoms with Gasteiger partial charge in [-0.2, -0.15) is 0 Å². The number of carbonyl (C=O) groups excluding carboxylic acids is 2. The molecule has 0 unspecified atom stereocenters. The van der Waals surface area contributed by atoms with Crippen molar-refractivity contribution in [1.82, 2.24) is 20.3 Å². The Morgan fingerprint density at radius 1 is 0.974 bits per heavy atom. The lowest BCUT2D eigenvalue weighted by Crippen LogP contribution is -2.51. The van der Waals surface area contributed by atoms with E-state index in [0.717, 1.165) is 5.52 Å². The van der Waals surface area contributed by atoms with E-state index >= 15 is 0 Å². The highest BCUT2D eigenvalue weighted by Gasteiger charge is 2.35. The van der Waals surface area contributed by atoms with E-state index in [1.165, 1.54) is 12.0 Å². The summed E-state index contributed by atoms with van der Waals surface area (Å²) in [6.45, 7) is 5.80. The topological polar surface area (TPSA) is 98.6 Å². The van der Waals surface area contributed by atoms with Gasteiger partial charge in [0.05, 0.1) is 19.7 Å². The number of nitrogens with zero attached hydrogens (tertiary/aromatic N) is 4. The normalized spacial score (nSPS) is 12.1. The van der Waals surface area contributed by atoms with E-state index in [0.29, 0.717) is 34.7 Å². The van der Waals surface area contributed by atoms with E-state index in [2.05, 4.69) is 15.6 Å². The van der Waals surface area contributed by atoms with Gasteiger partial charge in [0.2, 0.25) is 11.8 Å². The van der Waals surface area contributed by atoms with E-state index < -0.39 is 11.6 Å². The van der Waals surface area contributed by atoms with Crippen molar-refractivity contribution in [2.24, 2.45) is 0 Å². The zero-order valence-corrected chi connectivity index (χ0v) is 22.3. The molecule has 2 amide bonds. The number of benzene rings is 3. The van der Waals surface area contributed by atoms with Gasteiger partial charge in [-0.3, -0.25) is 14.5 Å². The molecule has 3 aromatic carbocycles. The fourth-order valence-corrected chi connectivity index (χ4v) is 4.19. The molecule has 0 bridgehead atoms. The van der Waals surface area contributed by atoms with Crippen LogP contribution >= 0.6 is 0 Å². The molecule has 9 heteroatoms. The summed E-state index contributed by atoms with van der Waals surface area (Å²) in [6.07, 6.45) is 0.710. The second kappa shape index (κ2) is 11.3. The fraction of sp³-hybridized carbons (Fsp3) is 0.310. The molecule has 4 aromatic rings. The van der Waals surface area contributed by atoms with Crippen molar-refractivity contribution in [3.63, 3.8) is 0 Å². The number of fused-ring (bicyclic) bond motifs is 1. The average molecular weight is 516 g/mol. The second-order valence-corrected chi connectivity index (χ2v) is 9.58. The van der Waals surface area contributed by atoms with Crippen LogP contribution in [-0.2, 0) is 16.1 Å². The van der Waals surface area contributed by atoms with Crippen LogP contribution in [0.2, 0.25) is 0 Å². The molecule has 1 N–H and O–H groups in total. The van der Waals surface area contributed by atoms with Crippen LogP contribution < -0.4 is 19.7 Å². The number of hydrogen-bond donors (Lipinski definition) is 1. The Morgan fingerprint density at radius 3 is 2.34 bits per heavy atom. The molecule has 0 fully saturated rings. The molecule has 0 saturated heterocycles. The first kappa shape index (κ1) is 26.7. The van der Waals surface area contributed by atoms with Crippen molar-refractivity contribution in [3.05, 3.63) is 78.4 Å². The molecular weight excluding hydrogens is 482 g/mol. The molecular formula is C29H33N5O4. The van der Waals surface area contributed by atoms with E-state index in [-0.39, 0.29) is 18.4 Å². The van der Waals surface area contributed by atoms with Crippen molar-refractivity contribution in [2.45, 2.75) is 45.3 Å². The molecule has 4 rings (SSSR count). The summed E-state index contributed by atoms with van der Waals surface area (Å²) >= 11 is 0. The SMILES string of the molecule is CCC(C)(C)NC(=O)[C@H](c1ccc(OC)c(OC)c1)N(C(=O)Cn1nnc2ccccc21)c1ccccc1. The van der Waals surface area contributed by atoms with E-state index in [9.17, 15) is 9.59 Å². The molecule has 1 aromatic heterocycles. The van der Waals surface area contributed by atoms with Crippen LogP contribution in [0, 0.1) is 0 Å². The monoisotopic (exact) mass is 515 g/mol. The summed E-state index contributed by atoms with van der Waals surface area (Å²) in [7, 11) is 3.08.